The Morgan fingerprint density at radius 2 is 1.73 bits per heavy atom. The predicted octanol–water partition coefficient (Wildman–Crippen LogP) is 8.65. The van der Waals surface area contributed by atoms with E-state index >= 15 is 0 Å². The molecule has 0 bridgehead atoms. The van der Waals surface area contributed by atoms with Gasteiger partial charge >= 0.3 is 0 Å². The highest BCUT2D eigenvalue weighted by atomic mass is 35.5. The molecule has 3 aromatic rings. The molecule has 0 saturated heterocycles. The van der Waals surface area contributed by atoms with Crippen LogP contribution in [0.4, 0.5) is 4.39 Å². The molecule has 0 radical (unpaired) electrons. The molecule has 2 heterocycles. The highest BCUT2D eigenvalue weighted by molar-refractivity contribution is 6.36. The maximum atomic E-state index is 14.9. The van der Waals surface area contributed by atoms with Crippen molar-refractivity contribution in [3.63, 3.8) is 0 Å². The van der Waals surface area contributed by atoms with Crippen LogP contribution >= 0.6 is 23.2 Å². The summed E-state index contributed by atoms with van der Waals surface area (Å²) in [6.45, 7) is 17.0. The molecular weight excluding hydrogens is 558 g/mol. The molecule has 1 aromatic heterocycles. The minimum atomic E-state index is -1.42. The van der Waals surface area contributed by atoms with Crippen molar-refractivity contribution >= 4 is 46.2 Å². The van der Waals surface area contributed by atoms with E-state index in [0.717, 1.165) is 46.8 Å². The number of nitrogens with zero attached hydrogens (tertiary/aromatic N) is 1. The van der Waals surface area contributed by atoms with E-state index < -0.39 is 11.6 Å². The number of aromatic nitrogens is 1. The summed E-state index contributed by atoms with van der Waals surface area (Å²) in [6.07, 6.45) is 4.41. The molecule has 41 heavy (non-hydrogen) atoms. The summed E-state index contributed by atoms with van der Waals surface area (Å²) in [5.41, 5.74) is 2.94. The van der Waals surface area contributed by atoms with Crippen molar-refractivity contribution in [2.75, 3.05) is 6.54 Å². The summed E-state index contributed by atoms with van der Waals surface area (Å²) < 4.78 is 14.9. The van der Waals surface area contributed by atoms with E-state index in [1.54, 1.807) is 26.0 Å². The van der Waals surface area contributed by atoms with Crippen molar-refractivity contribution in [1.82, 2.24) is 9.88 Å². The lowest BCUT2D eigenvalue weighted by molar-refractivity contribution is -0.297. The minimum Gasteiger partial charge on any atom is -0.545 e. The number of carboxylic acids is 1. The third-order valence-electron chi connectivity index (χ3n) is 8.05. The summed E-state index contributed by atoms with van der Waals surface area (Å²) in [5, 5.41) is 12.7. The van der Waals surface area contributed by atoms with Crippen LogP contribution in [0.5, 0.6) is 0 Å². The summed E-state index contributed by atoms with van der Waals surface area (Å²) in [4.78, 5) is 16.4. The second kappa shape index (κ2) is 13.8. The fourth-order valence-electron chi connectivity index (χ4n) is 6.34. The van der Waals surface area contributed by atoms with E-state index in [1.165, 1.54) is 18.1 Å². The molecule has 4 nitrogen and oxygen atoms in total. The number of carboxylic acid groups (broad SMARTS) is 1. The largest absolute Gasteiger partial charge is 0.545 e. The molecule has 1 aliphatic rings. The standard InChI is InChI=1S/C25H25Cl2FN2O2.C9H20/c1-14-10-17-16-6-4-5-7-20(16)29-23(17)24(30(14)13-25(2,3)28)22-18(26)11-15(12-19(22)27)8-9-21(31)32;1-6-9(7(2)3)8(4)5/h4-9,11-12,14,24,29H,10,13H2,1-3H3,(H,31,32);7-9H,6H2,1-5H3/p-1/b9-8+;/t14-,24-;/m1./s1. The van der Waals surface area contributed by atoms with E-state index in [1.807, 2.05) is 18.2 Å². The maximum Gasteiger partial charge on any atom is 0.118 e. The monoisotopic (exact) mass is 601 g/mol. The zero-order valence-electron chi connectivity index (χ0n) is 25.5. The van der Waals surface area contributed by atoms with Crippen molar-refractivity contribution in [3.05, 3.63) is 74.9 Å². The molecule has 224 valence electrons. The Morgan fingerprint density at radius 3 is 2.22 bits per heavy atom. The number of H-pyrrole nitrogens is 1. The van der Waals surface area contributed by atoms with Gasteiger partial charge in [-0.15, -0.1) is 0 Å². The Morgan fingerprint density at radius 1 is 1.15 bits per heavy atom. The molecule has 0 aliphatic carbocycles. The SMILES string of the molecule is CCC(C(C)C)C(C)C.C[C@@H]1Cc2c([nH]c3ccccc23)[C@@H](c2c(Cl)cc(/C=C/C(=O)[O-])cc2Cl)N1CC(C)(C)F. The van der Waals surface area contributed by atoms with Crippen LogP contribution in [0.25, 0.3) is 17.0 Å². The summed E-state index contributed by atoms with van der Waals surface area (Å²) in [6, 6.07) is 11.1. The number of benzene rings is 2. The zero-order chi connectivity index (χ0) is 30.6. The van der Waals surface area contributed by atoms with Crippen LogP contribution in [0, 0.1) is 17.8 Å². The van der Waals surface area contributed by atoms with Gasteiger partial charge in [-0.1, -0.05) is 88.5 Å². The molecule has 2 aromatic carbocycles. The number of hydrogen-bond donors (Lipinski definition) is 1. The van der Waals surface area contributed by atoms with Gasteiger partial charge < -0.3 is 14.9 Å². The van der Waals surface area contributed by atoms with Gasteiger partial charge in [0.15, 0.2) is 0 Å². The lowest BCUT2D eigenvalue weighted by Gasteiger charge is -2.43. The van der Waals surface area contributed by atoms with Crippen molar-refractivity contribution in [1.29, 1.82) is 0 Å². The quantitative estimate of drug-likeness (QED) is 0.263. The Hall–Kier alpha value is -2.34. The molecule has 0 fully saturated rings. The van der Waals surface area contributed by atoms with Gasteiger partial charge in [0.2, 0.25) is 0 Å². The molecule has 1 N–H and O–H groups in total. The minimum absolute atomic E-state index is 0.0477. The first kappa shape index (κ1) is 33.2. The van der Waals surface area contributed by atoms with E-state index in [4.69, 9.17) is 23.2 Å². The van der Waals surface area contributed by atoms with Gasteiger partial charge in [0, 0.05) is 44.8 Å². The molecule has 7 heteroatoms. The van der Waals surface area contributed by atoms with Crippen LogP contribution in [0.1, 0.15) is 90.2 Å². The number of carbonyl (C=O) groups excluding carboxylic acids is 1. The predicted molar refractivity (Wildman–Crippen MR) is 169 cm³/mol. The van der Waals surface area contributed by atoms with Gasteiger partial charge in [0.1, 0.15) is 5.67 Å². The van der Waals surface area contributed by atoms with E-state index in [-0.39, 0.29) is 18.6 Å². The average molecular weight is 603 g/mol. The van der Waals surface area contributed by atoms with E-state index in [0.29, 0.717) is 21.2 Å². The molecule has 0 unspecified atom stereocenters. The number of halogens is 3. The summed E-state index contributed by atoms with van der Waals surface area (Å²) in [7, 11) is 0. The molecule has 0 saturated carbocycles. The van der Waals surface area contributed by atoms with Crippen LogP contribution in [0.2, 0.25) is 10.0 Å². The normalized spacial score (nSPS) is 17.9. The third kappa shape index (κ3) is 8.15. The van der Waals surface area contributed by atoms with Gasteiger partial charge in [0.25, 0.3) is 0 Å². The lowest BCUT2D eigenvalue weighted by Crippen LogP contribution is -2.48. The Kier molecular flexibility index (Phi) is 11.1. The van der Waals surface area contributed by atoms with Gasteiger partial charge in [-0.05, 0) is 80.3 Å². The number of rotatable bonds is 8. The fraction of sp³-hybridized carbons (Fsp3) is 0.500. The number of para-hydroxylation sites is 1. The number of aromatic amines is 1. The topological polar surface area (TPSA) is 59.2 Å². The van der Waals surface area contributed by atoms with Crippen LogP contribution < -0.4 is 5.11 Å². The first-order chi connectivity index (χ1) is 19.1. The summed E-state index contributed by atoms with van der Waals surface area (Å²) >= 11 is 13.4. The van der Waals surface area contributed by atoms with E-state index in [9.17, 15) is 14.3 Å². The lowest BCUT2D eigenvalue weighted by atomic mass is 9.84. The maximum absolute atomic E-state index is 14.9. The Bertz CT molecular complexity index is 1340. The first-order valence-electron chi connectivity index (χ1n) is 14.6. The molecule has 2 atom stereocenters. The van der Waals surface area contributed by atoms with Crippen molar-refractivity contribution in [2.24, 2.45) is 17.8 Å². The number of alkyl halides is 1. The second-order valence-electron chi connectivity index (χ2n) is 12.5. The zero-order valence-corrected chi connectivity index (χ0v) is 27.0. The fourth-order valence-corrected chi connectivity index (χ4v) is 7.05. The Balaban J connectivity index is 0.000000445. The van der Waals surface area contributed by atoms with Gasteiger partial charge in [-0.25, -0.2) is 4.39 Å². The van der Waals surface area contributed by atoms with Crippen molar-refractivity contribution in [3.8, 4) is 0 Å². The van der Waals surface area contributed by atoms with E-state index in [2.05, 4.69) is 57.5 Å². The number of nitrogens with one attached hydrogen (secondary N) is 1. The van der Waals surface area contributed by atoms with Gasteiger partial charge in [-0.3, -0.25) is 4.90 Å². The Labute approximate surface area is 254 Å². The third-order valence-corrected chi connectivity index (χ3v) is 8.67. The highest BCUT2D eigenvalue weighted by Gasteiger charge is 2.40. The number of fused-ring (bicyclic) bond motifs is 3. The van der Waals surface area contributed by atoms with Crippen LogP contribution in [0.15, 0.2) is 42.5 Å². The number of carbonyl (C=O) groups is 1. The van der Waals surface area contributed by atoms with Gasteiger partial charge in [0.05, 0.1) is 12.0 Å². The molecule has 0 amide bonds. The average Bonchev–Trinajstić information content (AvgIpc) is 3.21. The van der Waals surface area contributed by atoms with Crippen LogP contribution in [-0.2, 0) is 11.2 Å². The second-order valence-corrected chi connectivity index (χ2v) is 13.3. The van der Waals surface area contributed by atoms with Gasteiger partial charge in [-0.2, -0.15) is 0 Å². The van der Waals surface area contributed by atoms with Crippen molar-refractivity contribution < 1.29 is 14.3 Å². The molecular formula is C34H44Cl2FN2O2-. The van der Waals surface area contributed by atoms with Crippen molar-refractivity contribution in [2.45, 2.75) is 86.0 Å². The van der Waals surface area contributed by atoms with Crippen LogP contribution in [-0.4, -0.2) is 34.1 Å². The first-order valence-corrected chi connectivity index (χ1v) is 15.3. The van der Waals surface area contributed by atoms with Crippen LogP contribution in [0.3, 0.4) is 0 Å². The summed E-state index contributed by atoms with van der Waals surface area (Å²) in [5.74, 6) is 1.33. The molecule has 4 rings (SSSR count). The molecule has 1 aliphatic heterocycles. The smallest absolute Gasteiger partial charge is 0.118 e. The highest BCUT2D eigenvalue weighted by Crippen LogP contribution is 2.46. The number of hydrogen-bond acceptors (Lipinski definition) is 3. The number of aliphatic carboxylic acids is 1. The molecule has 0 spiro atoms.